The van der Waals surface area contributed by atoms with Crippen molar-refractivity contribution in [1.82, 2.24) is 10.2 Å². The molecule has 2 fully saturated rings. The minimum Gasteiger partial charge on any atom is -0.352 e. The number of benzene rings is 1. The van der Waals surface area contributed by atoms with E-state index in [1.807, 2.05) is 6.07 Å². The Morgan fingerprint density at radius 1 is 1.16 bits per heavy atom. The molecule has 5 heteroatoms. The van der Waals surface area contributed by atoms with Gasteiger partial charge in [0.2, 0.25) is 11.8 Å². The molecular formula is C20H29N3O2. The molecule has 1 heterocycles. The summed E-state index contributed by atoms with van der Waals surface area (Å²) in [6, 6.07) is 10.3. The van der Waals surface area contributed by atoms with Crippen molar-refractivity contribution in [2.24, 2.45) is 11.7 Å². The molecule has 0 aromatic heterocycles. The molecule has 3 unspecified atom stereocenters. The Balaban J connectivity index is 1.45. The van der Waals surface area contributed by atoms with Gasteiger partial charge in [-0.15, -0.1) is 0 Å². The van der Waals surface area contributed by atoms with Crippen molar-refractivity contribution in [1.29, 1.82) is 0 Å². The van der Waals surface area contributed by atoms with Crippen molar-refractivity contribution < 1.29 is 9.59 Å². The van der Waals surface area contributed by atoms with Gasteiger partial charge in [0.25, 0.3) is 0 Å². The van der Waals surface area contributed by atoms with E-state index in [0.717, 1.165) is 44.9 Å². The average molecular weight is 343 g/mol. The van der Waals surface area contributed by atoms with Gasteiger partial charge in [0, 0.05) is 12.6 Å². The first-order chi connectivity index (χ1) is 12.1. The lowest BCUT2D eigenvalue weighted by Gasteiger charge is -2.23. The minimum absolute atomic E-state index is 0.0483. The number of hydrogen-bond donors (Lipinski definition) is 2. The first-order valence-corrected chi connectivity index (χ1v) is 9.49. The van der Waals surface area contributed by atoms with E-state index in [1.54, 1.807) is 4.90 Å². The zero-order valence-corrected chi connectivity index (χ0v) is 14.8. The third-order valence-corrected chi connectivity index (χ3v) is 5.43. The highest BCUT2D eigenvalue weighted by molar-refractivity contribution is 5.87. The highest BCUT2D eigenvalue weighted by Crippen LogP contribution is 2.28. The van der Waals surface area contributed by atoms with Crippen LogP contribution in [0.5, 0.6) is 0 Å². The van der Waals surface area contributed by atoms with Gasteiger partial charge in [0.1, 0.15) is 0 Å². The van der Waals surface area contributed by atoms with E-state index >= 15 is 0 Å². The maximum atomic E-state index is 12.4. The summed E-state index contributed by atoms with van der Waals surface area (Å²) in [7, 11) is 0. The summed E-state index contributed by atoms with van der Waals surface area (Å²) in [4.78, 5) is 26.2. The molecular weight excluding hydrogens is 314 g/mol. The van der Waals surface area contributed by atoms with E-state index in [-0.39, 0.29) is 24.4 Å². The summed E-state index contributed by atoms with van der Waals surface area (Å²) >= 11 is 0. The molecule has 1 aromatic carbocycles. The summed E-state index contributed by atoms with van der Waals surface area (Å²) in [5.74, 6) is 0.495. The van der Waals surface area contributed by atoms with Crippen molar-refractivity contribution in [2.75, 3.05) is 13.1 Å². The standard InChI is InChI=1S/C20H29N3O2/c21-18-8-4-5-11-23(20(18)25)14-19(24)22-17-10-9-16(13-17)12-15-6-2-1-3-7-15/h1-3,6-7,16-18H,4-5,8-14,21H2,(H,22,24). The Morgan fingerprint density at radius 3 is 2.76 bits per heavy atom. The van der Waals surface area contributed by atoms with Crippen LogP contribution in [-0.4, -0.2) is 41.9 Å². The van der Waals surface area contributed by atoms with Gasteiger partial charge in [-0.25, -0.2) is 0 Å². The van der Waals surface area contributed by atoms with Crippen molar-refractivity contribution in [3.63, 3.8) is 0 Å². The van der Waals surface area contributed by atoms with E-state index in [4.69, 9.17) is 5.73 Å². The molecule has 2 amide bonds. The Bertz CT molecular complexity index is 590. The van der Waals surface area contributed by atoms with Crippen LogP contribution in [0.15, 0.2) is 30.3 Å². The van der Waals surface area contributed by atoms with Gasteiger partial charge < -0.3 is 16.0 Å². The number of nitrogens with one attached hydrogen (secondary N) is 1. The van der Waals surface area contributed by atoms with Crippen LogP contribution >= 0.6 is 0 Å². The molecule has 1 aliphatic carbocycles. The van der Waals surface area contributed by atoms with E-state index in [2.05, 4.69) is 29.6 Å². The first kappa shape index (κ1) is 17.9. The predicted molar refractivity (Wildman–Crippen MR) is 97.8 cm³/mol. The van der Waals surface area contributed by atoms with Crippen molar-refractivity contribution >= 4 is 11.8 Å². The van der Waals surface area contributed by atoms with Gasteiger partial charge in [0.15, 0.2) is 0 Å². The van der Waals surface area contributed by atoms with E-state index in [1.165, 1.54) is 5.56 Å². The van der Waals surface area contributed by atoms with Gasteiger partial charge in [-0.2, -0.15) is 0 Å². The molecule has 3 rings (SSSR count). The second-order valence-corrected chi connectivity index (χ2v) is 7.50. The predicted octanol–water partition coefficient (Wildman–Crippen LogP) is 1.85. The van der Waals surface area contributed by atoms with E-state index < -0.39 is 6.04 Å². The quantitative estimate of drug-likeness (QED) is 0.857. The topological polar surface area (TPSA) is 75.4 Å². The molecule has 3 atom stereocenters. The molecule has 1 saturated heterocycles. The van der Waals surface area contributed by atoms with Gasteiger partial charge in [0.05, 0.1) is 12.6 Å². The van der Waals surface area contributed by atoms with Crippen LogP contribution in [0.1, 0.15) is 44.1 Å². The second kappa shape index (κ2) is 8.48. The second-order valence-electron chi connectivity index (χ2n) is 7.50. The normalized spacial score (nSPS) is 27.2. The minimum atomic E-state index is -0.447. The highest BCUT2D eigenvalue weighted by Gasteiger charge is 2.28. The average Bonchev–Trinajstić information content (AvgIpc) is 2.97. The summed E-state index contributed by atoms with van der Waals surface area (Å²) < 4.78 is 0. The smallest absolute Gasteiger partial charge is 0.239 e. The van der Waals surface area contributed by atoms with E-state index in [9.17, 15) is 9.59 Å². The zero-order valence-electron chi connectivity index (χ0n) is 14.8. The molecule has 1 aromatic rings. The van der Waals surface area contributed by atoms with Crippen LogP contribution in [0, 0.1) is 5.92 Å². The Hall–Kier alpha value is -1.88. The SMILES string of the molecule is NC1CCCCN(CC(=O)NC2CCC(Cc3ccccc3)C2)C1=O. The molecule has 25 heavy (non-hydrogen) atoms. The number of hydrogen-bond acceptors (Lipinski definition) is 3. The fourth-order valence-corrected chi connectivity index (χ4v) is 4.08. The molecule has 5 nitrogen and oxygen atoms in total. The van der Waals surface area contributed by atoms with Crippen molar-refractivity contribution in [3.8, 4) is 0 Å². The maximum absolute atomic E-state index is 12.4. The zero-order chi connectivity index (χ0) is 17.6. The summed E-state index contributed by atoms with van der Waals surface area (Å²) in [6.07, 6.45) is 6.87. The molecule has 1 saturated carbocycles. The van der Waals surface area contributed by atoms with Crippen LogP contribution in [0.25, 0.3) is 0 Å². The van der Waals surface area contributed by atoms with Gasteiger partial charge in [-0.05, 0) is 56.4 Å². The molecule has 136 valence electrons. The maximum Gasteiger partial charge on any atom is 0.239 e. The van der Waals surface area contributed by atoms with Crippen LogP contribution < -0.4 is 11.1 Å². The number of rotatable bonds is 5. The summed E-state index contributed by atoms with van der Waals surface area (Å²) in [5, 5.41) is 3.12. The lowest BCUT2D eigenvalue weighted by molar-refractivity contribution is -0.136. The summed E-state index contributed by atoms with van der Waals surface area (Å²) in [6.45, 7) is 0.785. The number of carbonyl (C=O) groups is 2. The van der Waals surface area contributed by atoms with Crippen molar-refractivity contribution in [2.45, 2.75) is 57.0 Å². The number of likely N-dealkylation sites (tertiary alicyclic amines) is 1. The molecule has 1 aliphatic heterocycles. The molecule has 2 aliphatic rings. The third-order valence-electron chi connectivity index (χ3n) is 5.43. The van der Waals surface area contributed by atoms with Gasteiger partial charge in [-0.3, -0.25) is 9.59 Å². The van der Waals surface area contributed by atoms with E-state index in [0.29, 0.717) is 12.5 Å². The number of nitrogens with zero attached hydrogens (tertiary/aromatic N) is 1. The van der Waals surface area contributed by atoms with Gasteiger partial charge in [-0.1, -0.05) is 30.3 Å². The Morgan fingerprint density at radius 2 is 1.96 bits per heavy atom. The number of amides is 2. The van der Waals surface area contributed by atoms with Crippen molar-refractivity contribution in [3.05, 3.63) is 35.9 Å². The lowest BCUT2D eigenvalue weighted by Crippen LogP contribution is -2.48. The fraction of sp³-hybridized carbons (Fsp3) is 0.600. The monoisotopic (exact) mass is 343 g/mol. The molecule has 3 N–H and O–H groups in total. The Labute approximate surface area is 150 Å². The highest BCUT2D eigenvalue weighted by atomic mass is 16.2. The lowest BCUT2D eigenvalue weighted by atomic mass is 9.98. The number of nitrogens with two attached hydrogens (primary N) is 1. The first-order valence-electron chi connectivity index (χ1n) is 9.49. The van der Waals surface area contributed by atoms with Crippen LogP contribution in [-0.2, 0) is 16.0 Å². The summed E-state index contributed by atoms with van der Waals surface area (Å²) in [5.41, 5.74) is 7.24. The third kappa shape index (κ3) is 5.05. The van der Waals surface area contributed by atoms with Crippen LogP contribution in [0.4, 0.5) is 0 Å². The largest absolute Gasteiger partial charge is 0.352 e. The van der Waals surface area contributed by atoms with Crippen LogP contribution in [0.2, 0.25) is 0 Å². The molecule has 0 spiro atoms. The van der Waals surface area contributed by atoms with Crippen LogP contribution in [0.3, 0.4) is 0 Å². The fourth-order valence-electron chi connectivity index (χ4n) is 4.08. The molecule has 0 bridgehead atoms. The Kier molecular flexibility index (Phi) is 6.08. The van der Waals surface area contributed by atoms with Gasteiger partial charge >= 0.3 is 0 Å². The molecule has 0 radical (unpaired) electrons. The number of carbonyl (C=O) groups excluding carboxylic acids is 2.